The first-order chi connectivity index (χ1) is 11.1. The number of carbonyl (C=O) groups is 1. The zero-order valence-corrected chi connectivity index (χ0v) is 13.5. The average Bonchev–Trinajstić information content (AvgIpc) is 2.55. The molecule has 1 amide bonds. The monoisotopic (exact) mass is 320 g/mol. The maximum Gasteiger partial charge on any atom is 0.269 e. The van der Waals surface area contributed by atoms with Crippen molar-refractivity contribution in [1.29, 1.82) is 0 Å². The van der Waals surface area contributed by atoms with Gasteiger partial charge in [0.25, 0.3) is 5.69 Å². The Hall–Kier alpha value is -1.99. The summed E-state index contributed by atoms with van der Waals surface area (Å²) in [4.78, 5) is 26.6. The fourth-order valence-corrected chi connectivity index (χ4v) is 2.66. The van der Waals surface area contributed by atoms with E-state index in [4.69, 9.17) is 0 Å². The minimum atomic E-state index is -0.365. The van der Waals surface area contributed by atoms with Gasteiger partial charge >= 0.3 is 0 Å². The van der Waals surface area contributed by atoms with Crippen molar-refractivity contribution in [3.05, 3.63) is 39.9 Å². The Balaban J connectivity index is 1.77. The summed E-state index contributed by atoms with van der Waals surface area (Å²) in [5.74, 6) is 0.0824. The normalized spacial score (nSPS) is 16.2. The molecule has 1 fully saturated rings. The summed E-state index contributed by atoms with van der Waals surface area (Å²) < 4.78 is 0. The molecular weight excluding hydrogens is 296 g/mol. The van der Waals surface area contributed by atoms with E-state index >= 15 is 0 Å². The standard InChI is InChI=1S/C16H24N4O3/c1-2-6-17-16(21)13-19-9-7-18(8-10-19)12-14-4-3-5-15(11-14)20(22)23/h3-5,11H,2,6-10,12-13H2,1H3,(H,17,21). The molecule has 0 bridgehead atoms. The van der Waals surface area contributed by atoms with Crippen molar-refractivity contribution in [1.82, 2.24) is 15.1 Å². The number of nitrogens with one attached hydrogen (secondary N) is 1. The summed E-state index contributed by atoms with van der Waals surface area (Å²) >= 11 is 0. The molecule has 1 aromatic carbocycles. The Morgan fingerprint density at radius 3 is 2.61 bits per heavy atom. The number of benzene rings is 1. The lowest BCUT2D eigenvalue weighted by Crippen LogP contribution is -2.49. The van der Waals surface area contributed by atoms with Crippen molar-refractivity contribution in [3.8, 4) is 0 Å². The highest BCUT2D eigenvalue weighted by Crippen LogP contribution is 2.15. The zero-order valence-electron chi connectivity index (χ0n) is 13.5. The van der Waals surface area contributed by atoms with Crippen molar-refractivity contribution < 1.29 is 9.72 Å². The van der Waals surface area contributed by atoms with Crippen molar-refractivity contribution in [3.63, 3.8) is 0 Å². The lowest BCUT2D eigenvalue weighted by Gasteiger charge is -2.34. The van der Waals surface area contributed by atoms with Gasteiger partial charge in [-0.2, -0.15) is 0 Å². The molecule has 126 valence electrons. The van der Waals surface area contributed by atoms with Gasteiger partial charge in [-0.05, 0) is 12.0 Å². The number of carbonyl (C=O) groups excluding carboxylic acids is 1. The summed E-state index contributed by atoms with van der Waals surface area (Å²) in [6.45, 7) is 7.33. The fourth-order valence-electron chi connectivity index (χ4n) is 2.66. The lowest BCUT2D eigenvalue weighted by molar-refractivity contribution is -0.384. The predicted molar refractivity (Wildman–Crippen MR) is 88.1 cm³/mol. The first kappa shape index (κ1) is 17.4. The van der Waals surface area contributed by atoms with E-state index in [1.54, 1.807) is 12.1 Å². The molecule has 1 aromatic rings. The molecule has 0 aromatic heterocycles. The smallest absolute Gasteiger partial charge is 0.269 e. The van der Waals surface area contributed by atoms with Gasteiger partial charge in [-0.1, -0.05) is 19.1 Å². The number of rotatable bonds is 7. The molecule has 1 N–H and O–H groups in total. The summed E-state index contributed by atoms with van der Waals surface area (Å²) in [5, 5.41) is 13.7. The maximum atomic E-state index is 11.7. The maximum absolute atomic E-state index is 11.7. The molecular formula is C16H24N4O3. The van der Waals surface area contributed by atoms with Crippen LogP contribution in [0.3, 0.4) is 0 Å². The van der Waals surface area contributed by atoms with Crippen LogP contribution in [-0.2, 0) is 11.3 Å². The molecule has 1 saturated heterocycles. The molecule has 23 heavy (non-hydrogen) atoms. The van der Waals surface area contributed by atoms with Crippen molar-refractivity contribution in [2.75, 3.05) is 39.3 Å². The van der Waals surface area contributed by atoms with E-state index in [-0.39, 0.29) is 16.5 Å². The third kappa shape index (κ3) is 5.61. The number of nitrogens with zero attached hydrogens (tertiary/aromatic N) is 3. The number of nitro benzene ring substituents is 1. The number of piperazine rings is 1. The molecule has 0 unspecified atom stereocenters. The SMILES string of the molecule is CCCNC(=O)CN1CCN(Cc2cccc([N+](=O)[O-])c2)CC1. The van der Waals surface area contributed by atoms with Crippen LogP contribution in [0.2, 0.25) is 0 Å². The second-order valence-electron chi connectivity index (χ2n) is 5.83. The van der Waals surface area contributed by atoms with Crippen molar-refractivity contribution in [2.24, 2.45) is 0 Å². The van der Waals surface area contributed by atoms with Gasteiger partial charge in [0.05, 0.1) is 11.5 Å². The van der Waals surface area contributed by atoms with Gasteiger partial charge in [0.2, 0.25) is 5.91 Å². The Morgan fingerprint density at radius 2 is 1.96 bits per heavy atom. The van der Waals surface area contributed by atoms with E-state index in [2.05, 4.69) is 15.1 Å². The molecule has 0 aliphatic carbocycles. The molecule has 7 heteroatoms. The molecule has 1 aliphatic heterocycles. The fraction of sp³-hybridized carbons (Fsp3) is 0.562. The quantitative estimate of drug-likeness (QED) is 0.604. The van der Waals surface area contributed by atoms with Crippen LogP contribution >= 0.6 is 0 Å². The Labute approximate surface area is 136 Å². The Kier molecular flexibility index (Phi) is 6.49. The van der Waals surface area contributed by atoms with E-state index in [0.717, 1.165) is 44.7 Å². The number of nitro groups is 1. The topological polar surface area (TPSA) is 78.7 Å². The second kappa shape index (κ2) is 8.59. The van der Waals surface area contributed by atoms with Gasteiger partial charge in [0, 0.05) is 51.4 Å². The van der Waals surface area contributed by atoms with Crippen molar-refractivity contribution in [2.45, 2.75) is 19.9 Å². The molecule has 0 saturated carbocycles. The lowest BCUT2D eigenvalue weighted by atomic mass is 10.1. The molecule has 7 nitrogen and oxygen atoms in total. The second-order valence-corrected chi connectivity index (χ2v) is 5.83. The van der Waals surface area contributed by atoms with Crippen LogP contribution in [-0.4, -0.2) is 59.9 Å². The predicted octanol–water partition coefficient (Wildman–Crippen LogP) is 1.24. The van der Waals surface area contributed by atoms with Crippen LogP contribution in [0.4, 0.5) is 5.69 Å². The van der Waals surface area contributed by atoms with Gasteiger partial charge < -0.3 is 5.32 Å². The van der Waals surface area contributed by atoms with Gasteiger partial charge in [0.15, 0.2) is 0 Å². The van der Waals surface area contributed by atoms with Crippen molar-refractivity contribution >= 4 is 11.6 Å². The minimum absolute atomic E-state index is 0.0824. The zero-order chi connectivity index (χ0) is 16.7. The molecule has 0 radical (unpaired) electrons. The highest BCUT2D eigenvalue weighted by atomic mass is 16.6. The van der Waals surface area contributed by atoms with E-state index in [1.165, 1.54) is 6.07 Å². The molecule has 1 aliphatic rings. The molecule has 0 atom stereocenters. The van der Waals surface area contributed by atoms with E-state index in [9.17, 15) is 14.9 Å². The third-order valence-corrected chi connectivity index (χ3v) is 3.93. The van der Waals surface area contributed by atoms with Gasteiger partial charge in [-0.3, -0.25) is 24.7 Å². The number of amides is 1. The molecule has 0 spiro atoms. The van der Waals surface area contributed by atoms with Crippen LogP contribution in [0.25, 0.3) is 0 Å². The summed E-state index contributed by atoms with van der Waals surface area (Å²) in [6, 6.07) is 6.78. The number of hydrogen-bond acceptors (Lipinski definition) is 5. The minimum Gasteiger partial charge on any atom is -0.355 e. The molecule has 2 rings (SSSR count). The first-order valence-electron chi connectivity index (χ1n) is 8.03. The van der Waals surface area contributed by atoms with Crippen LogP contribution in [0.5, 0.6) is 0 Å². The highest BCUT2D eigenvalue weighted by Gasteiger charge is 2.19. The van der Waals surface area contributed by atoms with Crippen LogP contribution in [0.1, 0.15) is 18.9 Å². The first-order valence-corrected chi connectivity index (χ1v) is 8.03. The van der Waals surface area contributed by atoms with E-state index < -0.39 is 0 Å². The largest absolute Gasteiger partial charge is 0.355 e. The Bertz CT molecular complexity index is 542. The molecule has 1 heterocycles. The highest BCUT2D eigenvalue weighted by molar-refractivity contribution is 5.77. The van der Waals surface area contributed by atoms with E-state index in [1.807, 2.05) is 13.0 Å². The average molecular weight is 320 g/mol. The van der Waals surface area contributed by atoms with Crippen LogP contribution < -0.4 is 5.32 Å². The Morgan fingerprint density at radius 1 is 1.26 bits per heavy atom. The number of hydrogen-bond donors (Lipinski definition) is 1. The van der Waals surface area contributed by atoms with Crippen LogP contribution in [0, 0.1) is 10.1 Å². The van der Waals surface area contributed by atoms with Gasteiger partial charge in [-0.15, -0.1) is 0 Å². The summed E-state index contributed by atoms with van der Waals surface area (Å²) in [7, 11) is 0. The third-order valence-electron chi connectivity index (χ3n) is 3.93. The van der Waals surface area contributed by atoms with Gasteiger partial charge in [-0.25, -0.2) is 0 Å². The summed E-state index contributed by atoms with van der Waals surface area (Å²) in [5.41, 5.74) is 1.09. The summed E-state index contributed by atoms with van der Waals surface area (Å²) in [6.07, 6.45) is 0.947. The van der Waals surface area contributed by atoms with Crippen LogP contribution in [0.15, 0.2) is 24.3 Å². The van der Waals surface area contributed by atoms with E-state index in [0.29, 0.717) is 13.1 Å². The number of non-ortho nitro benzene ring substituents is 1. The van der Waals surface area contributed by atoms with Gasteiger partial charge in [0.1, 0.15) is 0 Å².